The lowest BCUT2D eigenvalue weighted by molar-refractivity contribution is -0.131. The molecule has 3 atom stereocenters. The van der Waals surface area contributed by atoms with Gasteiger partial charge < -0.3 is 15.5 Å². The molecule has 0 radical (unpaired) electrons. The Kier molecular flexibility index (Phi) is 29.1. The molecule has 1 amide bonds. The van der Waals surface area contributed by atoms with Crippen molar-refractivity contribution in [2.45, 2.75) is 199 Å². The maximum Gasteiger partial charge on any atom is 0.266 e. The first-order valence-corrected chi connectivity index (χ1v) is 19.6. The summed E-state index contributed by atoms with van der Waals surface area (Å²) in [6, 6.07) is -1.14. The van der Waals surface area contributed by atoms with E-state index in [0.717, 1.165) is 51.4 Å². The van der Waals surface area contributed by atoms with E-state index in [1.54, 1.807) is 0 Å². The van der Waals surface area contributed by atoms with E-state index >= 15 is 0 Å². The number of hydrogen-bond donors (Lipinski definition) is 4. The van der Waals surface area contributed by atoms with Crippen LogP contribution in [0.2, 0.25) is 0 Å². The van der Waals surface area contributed by atoms with Crippen LogP contribution in [0.25, 0.3) is 0 Å². The number of nitrogens with one attached hydrogen (secondary N) is 1. The van der Waals surface area contributed by atoms with Gasteiger partial charge in [0.05, 0.1) is 17.9 Å². The third-order valence-corrected chi connectivity index (χ3v) is 9.11. The van der Waals surface area contributed by atoms with Gasteiger partial charge >= 0.3 is 0 Å². The van der Waals surface area contributed by atoms with Crippen molar-refractivity contribution in [3.8, 4) is 0 Å². The quantitative estimate of drug-likeness (QED) is 0.0334. The lowest BCUT2D eigenvalue weighted by Crippen LogP contribution is -2.50. The highest BCUT2D eigenvalue weighted by molar-refractivity contribution is 7.85. The van der Waals surface area contributed by atoms with Gasteiger partial charge in [-0.1, -0.05) is 154 Å². The van der Waals surface area contributed by atoms with Crippen molar-refractivity contribution >= 4 is 16.0 Å². The highest BCUT2D eigenvalue weighted by atomic mass is 32.2. The van der Waals surface area contributed by atoms with Gasteiger partial charge in [-0.15, -0.1) is 0 Å². The average Bonchev–Trinajstić information content (AvgIpc) is 2.96. The summed E-state index contributed by atoms with van der Waals surface area (Å²) < 4.78 is 32.1. The predicted octanol–water partition coefficient (Wildman–Crippen LogP) is 8.82. The van der Waals surface area contributed by atoms with Crippen molar-refractivity contribution in [1.29, 1.82) is 0 Å². The van der Waals surface area contributed by atoms with Crippen LogP contribution in [0.3, 0.4) is 0 Å². The predicted molar refractivity (Wildman–Crippen MR) is 181 cm³/mol. The number of aliphatic hydroxyl groups excluding tert-OH is 2. The highest BCUT2D eigenvalue weighted by Crippen LogP contribution is 2.14. The minimum absolute atomic E-state index is 0.291. The molecule has 3 unspecified atom stereocenters. The van der Waals surface area contributed by atoms with Gasteiger partial charge in [-0.25, -0.2) is 0 Å². The van der Waals surface area contributed by atoms with Crippen molar-refractivity contribution in [3.05, 3.63) is 12.2 Å². The molecule has 0 spiro atoms. The third kappa shape index (κ3) is 29.5. The Labute approximate surface area is 265 Å². The van der Waals surface area contributed by atoms with Crippen LogP contribution in [-0.4, -0.2) is 53.1 Å². The normalized spacial score (nSPS) is 14.3. The van der Waals surface area contributed by atoms with Crippen molar-refractivity contribution in [1.82, 2.24) is 5.32 Å². The van der Waals surface area contributed by atoms with Crippen molar-refractivity contribution in [3.63, 3.8) is 0 Å². The lowest BCUT2D eigenvalue weighted by atomic mass is 10.0. The van der Waals surface area contributed by atoms with Crippen LogP contribution in [0.15, 0.2) is 12.2 Å². The Balaban J connectivity index is 3.83. The van der Waals surface area contributed by atoms with E-state index in [9.17, 15) is 28.0 Å². The Morgan fingerprint density at radius 2 is 0.977 bits per heavy atom. The van der Waals surface area contributed by atoms with Gasteiger partial charge in [-0.05, 0) is 38.5 Å². The molecule has 43 heavy (non-hydrogen) atoms. The molecule has 0 aliphatic rings. The van der Waals surface area contributed by atoms with Gasteiger partial charge in [0.2, 0.25) is 5.91 Å². The molecule has 7 nitrogen and oxygen atoms in total. The fourth-order valence-corrected chi connectivity index (χ4v) is 6.27. The first-order chi connectivity index (χ1) is 20.7. The minimum atomic E-state index is -4.39. The number of carbonyl (C=O) groups is 1. The molecule has 0 aromatic heterocycles. The van der Waals surface area contributed by atoms with Crippen molar-refractivity contribution in [2.75, 3.05) is 5.75 Å². The van der Waals surface area contributed by atoms with E-state index in [1.165, 1.54) is 89.9 Å². The van der Waals surface area contributed by atoms with E-state index in [-0.39, 0.29) is 0 Å². The molecule has 0 aromatic rings. The monoisotopic (exact) mass is 631 g/mol. The average molecular weight is 632 g/mol. The number of hydrogen-bond acceptors (Lipinski definition) is 5. The molecule has 0 saturated carbocycles. The molecule has 0 heterocycles. The summed E-state index contributed by atoms with van der Waals surface area (Å²) in [6.45, 7) is 4.38. The zero-order valence-corrected chi connectivity index (χ0v) is 28.8. The van der Waals surface area contributed by atoms with Crippen LogP contribution in [0.4, 0.5) is 0 Å². The lowest BCUT2D eigenvalue weighted by Gasteiger charge is -2.24. The maximum absolute atomic E-state index is 12.4. The fourth-order valence-electron chi connectivity index (χ4n) is 5.51. The Bertz CT molecular complexity index is 757. The molecule has 0 rings (SSSR count). The SMILES string of the molecule is CCCCCCCCCCCCC/C=C\CCCCCCCCC(O)C(=O)NC(CS(=O)(=O)O)C(O)CCCCCCC. The van der Waals surface area contributed by atoms with Gasteiger partial charge in [0, 0.05) is 0 Å². The zero-order valence-electron chi connectivity index (χ0n) is 28.0. The number of amides is 1. The summed E-state index contributed by atoms with van der Waals surface area (Å²) in [5, 5.41) is 23.2. The molecule has 0 aromatic carbocycles. The summed E-state index contributed by atoms with van der Waals surface area (Å²) in [5.41, 5.74) is 0. The molecule has 4 N–H and O–H groups in total. The van der Waals surface area contributed by atoms with E-state index in [0.29, 0.717) is 25.7 Å². The van der Waals surface area contributed by atoms with Gasteiger partial charge in [-0.3, -0.25) is 9.35 Å². The molecule has 256 valence electrons. The summed E-state index contributed by atoms with van der Waals surface area (Å²) in [5.74, 6) is -1.46. The standard InChI is InChI=1S/C35H69NO6S/c1-3-5-7-9-10-11-12-13-14-15-16-17-18-19-20-21-22-23-24-26-28-30-34(38)35(39)36-32(31-43(40,41)42)33(37)29-27-25-8-6-4-2/h18-19,32-34,37-38H,3-17,20-31H2,1-2H3,(H,36,39)(H,40,41,42)/b19-18-. The fraction of sp³-hybridized carbons (Fsp3) is 0.914. The number of allylic oxidation sites excluding steroid dienone is 2. The molecule has 8 heteroatoms. The van der Waals surface area contributed by atoms with Gasteiger partial charge in [-0.2, -0.15) is 8.42 Å². The number of aliphatic hydroxyl groups is 2. The first-order valence-electron chi connectivity index (χ1n) is 18.0. The van der Waals surface area contributed by atoms with Crippen molar-refractivity contribution < 1.29 is 28.0 Å². The van der Waals surface area contributed by atoms with E-state index in [4.69, 9.17) is 0 Å². The van der Waals surface area contributed by atoms with Gasteiger partial charge in [0.15, 0.2) is 0 Å². The van der Waals surface area contributed by atoms with E-state index < -0.39 is 40.0 Å². The second kappa shape index (κ2) is 29.7. The van der Waals surface area contributed by atoms with Gasteiger partial charge in [0.1, 0.15) is 6.10 Å². The van der Waals surface area contributed by atoms with Crippen LogP contribution in [0.5, 0.6) is 0 Å². The van der Waals surface area contributed by atoms with Crippen molar-refractivity contribution in [2.24, 2.45) is 0 Å². The zero-order chi connectivity index (χ0) is 32.0. The Morgan fingerprint density at radius 1 is 0.605 bits per heavy atom. The second-order valence-corrected chi connectivity index (χ2v) is 14.1. The summed E-state index contributed by atoms with van der Waals surface area (Å²) in [6.07, 6.45) is 31.5. The molecular weight excluding hydrogens is 562 g/mol. The largest absolute Gasteiger partial charge is 0.391 e. The topological polar surface area (TPSA) is 124 Å². The van der Waals surface area contributed by atoms with E-state index in [2.05, 4.69) is 31.3 Å². The van der Waals surface area contributed by atoms with Crippen LogP contribution in [-0.2, 0) is 14.9 Å². The summed E-state index contributed by atoms with van der Waals surface area (Å²) in [7, 11) is -4.39. The number of unbranched alkanes of at least 4 members (excludes halogenated alkanes) is 21. The molecule has 0 saturated heterocycles. The molecule has 0 aliphatic heterocycles. The molecule has 0 aliphatic carbocycles. The third-order valence-electron chi connectivity index (χ3n) is 8.33. The highest BCUT2D eigenvalue weighted by Gasteiger charge is 2.28. The van der Waals surface area contributed by atoms with Crippen LogP contribution < -0.4 is 5.32 Å². The molecule has 0 bridgehead atoms. The second-order valence-electron chi connectivity index (χ2n) is 12.6. The number of rotatable bonds is 32. The molecular formula is C35H69NO6S. The van der Waals surface area contributed by atoms with Gasteiger partial charge in [0.25, 0.3) is 10.1 Å². The Hall–Kier alpha value is -0.960. The number of carbonyl (C=O) groups excluding carboxylic acids is 1. The smallest absolute Gasteiger partial charge is 0.266 e. The minimum Gasteiger partial charge on any atom is -0.391 e. The Morgan fingerprint density at radius 3 is 1.40 bits per heavy atom. The maximum atomic E-state index is 12.4. The van der Waals surface area contributed by atoms with Crippen LogP contribution >= 0.6 is 0 Å². The van der Waals surface area contributed by atoms with Crippen LogP contribution in [0.1, 0.15) is 181 Å². The first kappa shape index (κ1) is 42.0. The van der Waals surface area contributed by atoms with E-state index in [1.807, 2.05) is 0 Å². The summed E-state index contributed by atoms with van der Waals surface area (Å²) in [4.78, 5) is 12.4. The summed E-state index contributed by atoms with van der Waals surface area (Å²) >= 11 is 0. The molecule has 0 fully saturated rings. The van der Waals surface area contributed by atoms with Crippen LogP contribution in [0, 0.1) is 0 Å².